The first kappa shape index (κ1) is 9.26. The van der Waals surface area contributed by atoms with E-state index in [2.05, 4.69) is 15.0 Å². The largest absolute Gasteiger partial charge is 0.363 e. The molecule has 0 bridgehead atoms. The normalized spacial score (nSPS) is 22.9. The van der Waals surface area contributed by atoms with Gasteiger partial charge in [-0.15, -0.1) is 11.3 Å². The van der Waals surface area contributed by atoms with Gasteiger partial charge in [0.1, 0.15) is 5.44 Å². The zero-order valence-corrected chi connectivity index (χ0v) is 8.66. The van der Waals surface area contributed by atoms with Gasteiger partial charge in [0, 0.05) is 24.7 Å². The molecule has 0 aliphatic carbocycles. The Bertz CT molecular complexity index is 236. The highest BCUT2D eigenvalue weighted by Crippen LogP contribution is 2.19. The van der Waals surface area contributed by atoms with Crippen molar-refractivity contribution in [3.63, 3.8) is 0 Å². The van der Waals surface area contributed by atoms with E-state index in [4.69, 9.17) is 4.74 Å². The summed E-state index contributed by atoms with van der Waals surface area (Å²) in [7, 11) is 0. The van der Waals surface area contributed by atoms with Crippen LogP contribution < -0.4 is 10.0 Å². The fourth-order valence-electron chi connectivity index (χ4n) is 1.01. The van der Waals surface area contributed by atoms with Gasteiger partial charge < -0.3 is 14.8 Å². The fraction of sp³-hybridized carbons (Fsp3) is 0.571. The lowest BCUT2D eigenvalue weighted by molar-refractivity contribution is 0.0855. The van der Waals surface area contributed by atoms with Gasteiger partial charge in [-0.3, -0.25) is 0 Å². The van der Waals surface area contributed by atoms with Crippen LogP contribution in [0.2, 0.25) is 0 Å². The molecule has 1 aromatic rings. The second-order valence-corrected chi connectivity index (χ2v) is 4.42. The Kier molecular flexibility index (Phi) is 3.42. The van der Waals surface area contributed by atoms with Crippen molar-refractivity contribution >= 4 is 28.4 Å². The molecule has 0 radical (unpaired) electrons. The Morgan fingerprint density at radius 1 is 1.77 bits per heavy atom. The number of nitrogens with one attached hydrogen (secondary N) is 2. The van der Waals surface area contributed by atoms with E-state index in [1.165, 1.54) is 0 Å². The second-order valence-electron chi connectivity index (χ2n) is 2.56. The van der Waals surface area contributed by atoms with Crippen molar-refractivity contribution < 1.29 is 4.74 Å². The molecule has 0 spiro atoms. The van der Waals surface area contributed by atoms with Crippen LogP contribution in [0, 0.1) is 0 Å². The number of ether oxygens (including phenoxy) is 1. The monoisotopic (exact) mass is 217 g/mol. The Hall–Kier alpha value is -0.300. The molecule has 2 heterocycles. The number of aromatic nitrogens is 1. The number of hydrogen-bond acceptors (Lipinski definition) is 6. The van der Waals surface area contributed by atoms with Gasteiger partial charge in [0.15, 0.2) is 5.13 Å². The van der Waals surface area contributed by atoms with Crippen LogP contribution in [-0.2, 0) is 4.74 Å². The second kappa shape index (κ2) is 4.80. The van der Waals surface area contributed by atoms with E-state index >= 15 is 0 Å². The van der Waals surface area contributed by atoms with Crippen molar-refractivity contribution in [3.8, 4) is 0 Å². The highest BCUT2D eigenvalue weighted by Gasteiger charge is 2.13. The van der Waals surface area contributed by atoms with Gasteiger partial charge >= 0.3 is 0 Å². The minimum atomic E-state index is 0.192. The first-order valence-corrected chi connectivity index (χ1v) is 5.84. The van der Waals surface area contributed by atoms with Crippen molar-refractivity contribution in [1.29, 1.82) is 0 Å². The maximum atomic E-state index is 5.49. The van der Waals surface area contributed by atoms with Crippen molar-refractivity contribution in [2.45, 2.75) is 5.44 Å². The Labute approximate surface area is 85.2 Å². The molecule has 0 amide bonds. The maximum absolute atomic E-state index is 5.49. The summed E-state index contributed by atoms with van der Waals surface area (Å²) < 4.78 is 8.64. The molecule has 1 unspecified atom stereocenters. The molecule has 1 fully saturated rings. The third kappa shape index (κ3) is 2.84. The Morgan fingerprint density at radius 3 is 3.46 bits per heavy atom. The lowest BCUT2D eigenvalue weighted by Gasteiger charge is -2.22. The quantitative estimate of drug-likeness (QED) is 0.744. The van der Waals surface area contributed by atoms with Crippen LogP contribution in [0.4, 0.5) is 5.13 Å². The molecule has 1 aromatic heterocycles. The number of hydrogen-bond donors (Lipinski definition) is 2. The van der Waals surface area contributed by atoms with Crippen molar-refractivity contribution in [1.82, 2.24) is 10.3 Å². The molecule has 2 N–H and O–H groups in total. The summed E-state index contributed by atoms with van der Waals surface area (Å²) in [4.78, 5) is 4.11. The van der Waals surface area contributed by atoms with Crippen LogP contribution in [0.1, 0.15) is 0 Å². The SMILES string of the molecule is c1csc(NSC2CNCCO2)n1. The third-order valence-electron chi connectivity index (χ3n) is 1.60. The molecule has 72 valence electrons. The lowest BCUT2D eigenvalue weighted by atomic mass is 10.5. The maximum Gasteiger partial charge on any atom is 0.192 e. The summed E-state index contributed by atoms with van der Waals surface area (Å²) >= 11 is 3.16. The molecule has 6 heteroatoms. The van der Waals surface area contributed by atoms with Crippen molar-refractivity contribution in [3.05, 3.63) is 11.6 Å². The molecular formula is C7H11N3OS2. The summed E-state index contributed by atoms with van der Waals surface area (Å²) in [6.07, 6.45) is 1.79. The van der Waals surface area contributed by atoms with Gasteiger partial charge in [0.25, 0.3) is 0 Å². The van der Waals surface area contributed by atoms with Gasteiger partial charge in [-0.1, -0.05) is 0 Å². The number of rotatable bonds is 3. The molecule has 1 aliphatic heterocycles. The van der Waals surface area contributed by atoms with E-state index in [0.29, 0.717) is 0 Å². The fourth-order valence-corrected chi connectivity index (χ4v) is 2.37. The van der Waals surface area contributed by atoms with Crippen molar-refractivity contribution in [2.75, 3.05) is 24.4 Å². The summed E-state index contributed by atoms with van der Waals surface area (Å²) in [5.74, 6) is 0. The predicted molar refractivity (Wildman–Crippen MR) is 55.9 cm³/mol. The molecule has 13 heavy (non-hydrogen) atoms. The highest BCUT2D eigenvalue weighted by atomic mass is 32.2. The summed E-state index contributed by atoms with van der Waals surface area (Å²) in [5.41, 5.74) is 0.192. The summed E-state index contributed by atoms with van der Waals surface area (Å²) in [5, 5.41) is 6.14. The van der Waals surface area contributed by atoms with Gasteiger partial charge in [0.2, 0.25) is 0 Å². The Morgan fingerprint density at radius 2 is 2.77 bits per heavy atom. The zero-order chi connectivity index (χ0) is 8.93. The zero-order valence-electron chi connectivity index (χ0n) is 7.03. The smallest absolute Gasteiger partial charge is 0.192 e. The van der Waals surface area contributed by atoms with Crippen LogP contribution in [0.25, 0.3) is 0 Å². The molecule has 1 atom stereocenters. The van der Waals surface area contributed by atoms with Crippen LogP contribution in [0.3, 0.4) is 0 Å². The molecule has 1 saturated heterocycles. The standard InChI is InChI=1S/C7H11N3OS2/c1-3-11-6(5-8-1)13-10-7-9-2-4-12-7/h2,4,6,8H,1,3,5H2,(H,9,10). The van der Waals surface area contributed by atoms with Gasteiger partial charge in [-0.05, 0) is 11.9 Å². The average Bonchev–Trinajstić information content (AvgIpc) is 2.69. The molecule has 2 rings (SSSR count). The average molecular weight is 217 g/mol. The molecule has 1 aliphatic rings. The predicted octanol–water partition coefficient (Wildman–Crippen LogP) is 1.15. The van der Waals surface area contributed by atoms with Gasteiger partial charge in [0.05, 0.1) is 6.61 Å². The summed E-state index contributed by atoms with van der Waals surface area (Å²) in [6.45, 7) is 2.63. The highest BCUT2D eigenvalue weighted by molar-refractivity contribution is 8.01. The van der Waals surface area contributed by atoms with Crippen molar-refractivity contribution in [2.24, 2.45) is 0 Å². The van der Waals surface area contributed by atoms with Crippen LogP contribution in [0.5, 0.6) is 0 Å². The topological polar surface area (TPSA) is 46.2 Å². The Balaban J connectivity index is 1.72. The van der Waals surface area contributed by atoms with Gasteiger partial charge in [-0.2, -0.15) is 0 Å². The third-order valence-corrected chi connectivity index (χ3v) is 3.30. The van der Waals surface area contributed by atoms with Gasteiger partial charge in [-0.25, -0.2) is 4.98 Å². The van der Waals surface area contributed by atoms with E-state index in [1.54, 1.807) is 29.5 Å². The van der Waals surface area contributed by atoms with E-state index in [0.717, 1.165) is 24.8 Å². The number of morpholine rings is 1. The molecule has 0 saturated carbocycles. The molecule has 0 aromatic carbocycles. The van der Waals surface area contributed by atoms with E-state index in [1.807, 2.05) is 5.38 Å². The number of anilines is 1. The molecule has 4 nitrogen and oxygen atoms in total. The first-order chi connectivity index (χ1) is 6.45. The van der Waals surface area contributed by atoms with E-state index < -0.39 is 0 Å². The minimum absolute atomic E-state index is 0.192. The summed E-state index contributed by atoms with van der Waals surface area (Å²) in [6, 6.07) is 0. The first-order valence-electron chi connectivity index (χ1n) is 4.08. The lowest BCUT2D eigenvalue weighted by Crippen LogP contribution is -2.37. The number of nitrogens with zero attached hydrogens (tertiary/aromatic N) is 1. The van der Waals surface area contributed by atoms with E-state index in [9.17, 15) is 0 Å². The van der Waals surface area contributed by atoms with Crippen LogP contribution >= 0.6 is 23.3 Å². The van der Waals surface area contributed by atoms with Crippen LogP contribution in [-0.4, -0.2) is 30.1 Å². The van der Waals surface area contributed by atoms with Crippen LogP contribution in [0.15, 0.2) is 11.6 Å². The number of thiazole rings is 1. The molecular weight excluding hydrogens is 206 g/mol. The van der Waals surface area contributed by atoms with E-state index in [-0.39, 0.29) is 5.44 Å². The minimum Gasteiger partial charge on any atom is -0.363 e.